The zero-order chi connectivity index (χ0) is 24.8. The van der Waals surface area contributed by atoms with Gasteiger partial charge in [-0.15, -0.1) is 11.6 Å². The zero-order valence-electron chi connectivity index (χ0n) is 19.9. The number of carbonyl (C=O) groups is 3. The van der Waals surface area contributed by atoms with E-state index in [1.165, 1.54) is 28.3 Å². The molecule has 0 saturated heterocycles. The van der Waals surface area contributed by atoms with Crippen LogP contribution in [0.4, 0.5) is 0 Å². The number of ketones is 1. The van der Waals surface area contributed by atoms with Crippen molar-refractivity contribution in [1.82, 2.24) is 5.32 Å². The van der Waals surface area contributed by atoms with Crippen LogP contribution < -0.4 is 19.5 Å². The molecule has 0 aliphatic heterocycles. The Kier molecular flexibility index (Phi) is 8.61. The van der Waals surface area contributed by atoms with E-state index in [2.05, 4.69) is 5.32 Å². The molecule has 1 N–H and O–H groups in total. The van der Waals surface area contributed by atoms with E-state index in [9.17, 15) is 14.4 Å². The van der Waals surface area contributed by atoms with E-state index in [-0.39, 0.29) is 53.8 Å². The Morgan fingerprint density at radius 3 is 2.47 bits per heavy atom. The molecule has 0 fully saturated rings. The lowest BCUT2D eigenvalue weighted by atomic mass is 9.83. The second-order valence-electron chi connectivity index (χ2n) is 8.18. The predicted octanol–water partition coefficient (Wildman–Crippen LogP) is 3.58. The number of halogens is 1. The molecule has 1 amide bonds. The van der Waals surface area contributed by atoms with Gasteiger partial charge < -0.3 is 24.3 Å². The Labute approximate surface area is 204 Å². The van der Waals surface area contributed by atoms with E-state index in [4.69, 9.17) is 30.5 Å². The smallest absolute Gasteiger partial charge is 0.311 e. The Morgan fingerprint density at radius 2 is 1.85 bits per heavy atom. The quantitative estimate of drug-likeness (QED) is 0.337. The van der Waals surface area contributed by atoms with Gasteiger partial charge >= 0.3 is 5.97 Å². The highest BCUT2D eigenvalue weighted by molar-refractivity contribution is 6.17. The standard InChI is InChI=1S/C25H30ClNO7/c1-14(28)27-18-9-7-15-12-21(34-22(30)6-5-11-26)24(32-3)25(33-4)23(15)16-8-10-20(31-2)19(29)13-17(16)18/h8,10,12,17-18H,5-7,9,11,13H2,1-4H3,(H,27,28)/t17?,18-/m0/s1. The van der Waals surface area contributed by atoms with Gasteiger partial charge in [0.25, 0.3) is 0 Å². The molecule has 2 aliphatic carbocycles. The molecule has 0 saturated carbocycles. The minimum absolute atomic E-state index is 0.145. The van der Waals surface area contributed by atoms with Crippen molar-refractivity contribution in [3.8, 4) is 17.2 Å². The third kappa shape index (κ3) is 5.38. The molecule has 1 unspecified atom stereocenters. The summed E-state index contributed by atoms with van der Waals surface area (Å²) in [6.45, 7) is 1.46. The first-order chi connectivity index (χ1) is 16.3. The van der Waals surface area contributed by atoms with Gasteiger partial charge in [0.05, 0.1) is 21.3 Å². The monoisotopic (exact) mass is 491 g/mol. The first-order valence-corrected chi connectivity index (χ1v) is 11.7. The summed E-state index contributed by atoms with van der Waals surface area (Å²) in [5.41, 5.74) is 2.45. The Morgan fingerprint density at radius 1 is 1.12 bits per heavy atom. The Hall–Kier alpha value is -3.00. The zero-order valence-corrected chi connectivity index (χ0v) is 20.6. The molecule has 0 heterocycles. The number of Topliss-reactive ketones (excluding diaryl/α,β-unsaturated/α-hetero) is 1. The van der Waals surface area contributed by atoms with E-state index in [1.807, 2.05) is 6.08 Å². The van der Waals surface area contributed by atoms with Crippen LogP contribution >= 0.6 is 11.6 Å². The molecule has 2 aliphatic rings. The predicted molar refractivity (Wildman–Crippen MR) is 127 cm³/mol. The van der Waals surface area contributed by atoms with Crippen molar-refractivity contribution >= 4 is 34.8 Å². The SMILES string of the molecule is COC1=CC=C2c3c(cc(OC(=O)CCCCl)c(OC)c3OC)CC[C@H](NC(C)=O)C2CC1=O. The summed E-state index contributed by atoms with van der Waals surface area (Å²) in [6.07, 6.45) is 5.47. The van der Waals surface area contributed by atoms with Crippen LogP contribution in [0.15, 0.2) is 24.0 Å². The molecule has 1 aromatic rings. The first kappa shape index (κ1) is 25.6. The lowest BCUT2D eigenvalue weighted by Gasteiger charge is -2.27. The number of rotatable bonds is 8. The maximum Gasteiger partial charge on any atom is 0.311 e. The van der Waals surface area contributed by atoms with Gasteiger partial charge in [0, 0.05) is 43.2 Å². The maximum absolute atomic E-state index is 12.8. The van der Waals surface area contributed by atoms with Crippen molar-refractivity contribution in [1.29, 1.82) is 0 Å². The van der Waals surface area contributed by atoms with Crippen molar-refractivity contribution in [2.24, 2.45) is 5.92 Å². The molecule has 8 nitrogen and oxygen atoms in total. The molecule has 9 heteroatoms. The molecule has 34 heavy (non-hydrogen) atoms. The lowest BCUT2D eigenvalue weighted by Crippen LogP contribution is -2.40. The van der Waals surface area contributed by atoms with E-state index in [0.29, 0.717) is 30.9 Å². The van der Waals surface area contributed by atoms with Gasteiger partial charge in [-0.05, 0) is 42.5 Å². The molecular formula is C25H30ClNO7. The number of esters is 1. The van der Waals surface area contributed by atoms with E-state index in [1.54, 1.807) is 12.1 Å². The van der Waals surface area contributed by atoms with Crippen molar-refractivity contribution < 1.29 is 33.3 Å². The van der Waals surface area contributed by atoms with Crippen LogP contribution in [-0.2, 0) is 25.5 Å². The summed E-state index contributed by atoms with van der Waals surface area (Å²) in [7, 11) is 4.45. The minimum atomic E-state index is -0.421. The van der Waals surface area contributed by atoms with Gasteiger partial charge in [-0.2, -0.15) is 0 Å². The number of hydrogen-bond acceptors (Lipinski definition) is 7. The average molecular weight is 492 g/mol. The van der Waals surface area contributed by atoms with Crippen molar-refractivity contribution in [3.05, 3.63) is 35.1 Å². The van der Waals surface area contributed by atoms with Crippen LogP contribution in [0.1, 0.15) is 43.7 Å². The van der Waals surface area contributed by atoms with Gasteiger partial charge in [-0.1, -0.05) is 6.08 Å². The number of nitrogens with one attached hydrogen (secondary N) is 1. The number of fused-ring (bicyclic) bond motifs is 3. The fourth-order valence-corrected chi connectivity index (χ4v) is 4.71. The van der Waals surface area contributed by atoms with Crippen LogP contribution in [0.2, 0.25) is 0 Å². The lowest BCUT2D eigenvalue weighted by molar-refractivity contribution is -0.134. The summed E-state index contributed by atoms with van der Waals surface area (Å²) in [4.78, 5) is 37.1. The second kappa shape index (κ2) is 11.4. The van der Waals surface area contributed by atoms with Gasteiger partial charge in [-0.25, -0.2) is 0 Å². The number of ether oxygens (including phenoxy) is 4. The highest BCUT2D eigenvalue weighted by Gasteiger charge is 2.37. The summed E-state index contributed by atoms with van der Waals surface area (Å²) >= 11 is 5.70. The number of aryl methyl sites for hydroxylation is 1. The Balaban J connectivity index is 2.18. The molecule has 0 radical (unpaired) electrons. The summed E-state index contributed by atoms with van der Waals surface area (Å²) < 4.78 is 22.3. The van der Waals surface area contributed by atoms with Gasteiger partial charge in [0.15, 0.2) is 23.0 Å². The minimum Gasteiger partial charge on any atom is -0.493 e. The topological polar surface area (TPSA) is 100 Å². The van der Waals surface area contributed by atoms with Crippen LogP contribution in [0, 0.1) is 5.92 Å². The van der Waals surface area contributed by atoms with Crippen molar-refractivity contribution in [2.75, 3.05) is 27.2 Å². The number of allylic oxidation sites excluding steroid dienone is 3. The molecule has 0 spiro atoms. The summed E-state index contributed by atoms with van der Waals surface area (Å²) in [5.74, 6) is 0.498. The van der Waals surface area contributed by atoms with Crippen LogP contribution in [0.5, 0.6) is 17.2 Å². The third-order valence-electron chi connectivity index (χ3n) is 6.03. The third-order valence-corrected chi connectivity index (χ3v) is 6.30. The Bertz CT molecular complexity index is 1030. The van der Waals surface area contributed by atoms with E-state index < -0.39 is 5.97 Å². The van der Waals surface area contributed by atoms with Gasteiger partial charge in [0.1, 0.15) is 0 Å². The number of benzene rings is 1. The molecule has 0 bridgehead atoms. The molecule has 184 valence electrons. The van der Waals surface area contributed by atoms with Crippen LogP contribution in [0.25, 0.3) is 5.57 Å². The molecular weight excluding hydrogens is 462 g/mol. The number of amides is 1. The first-order valence-electron chi connectivity index (χ1n) is 11.2. The normalized spacial score (nSPS) is 19.4. The average Bonchev–Trinajstić information content (AvgIpc) is 3.05. The van der Waals surface area contributed by atoms with Crippen molar-refractivity contribution in [2.45, 2.75) is 45.1 Å². The van der Waals surface area contributed by atoms with Crippen LogP contribution in [-0.4, -0.2) is 50.9 Å². The molecule has 2 atom stereocenters. The molecule has 1 aromatic carbocycles. The highest BCUT2D eigenvalue weighted by Crippen LogP contribution is 2.50. The fourth-order valence-electron chi connectivity index (χ4n) is 4.58. The van der Waals surface area contributed by atoms with Gasteiger partial charge in [-0.3, -0.25) is 14.4 Å². The second-order valence-corrected chi connectivity index (χ2v) is 8.56. The summed E-state index contributed by atoms with van der Waals surface area (Å²) in [6, 6.07) is 1.49. The number of carbonyl (C=O) groups excluding carboxylic acids is 3. The number of hydrogen-bond donors (Lipinski definition) is 1. The maximum atomic E-state index is 12.8. The van der Waals surface area contributed by atoms with Gasteiger partial charge in [0.2, 0.25) is 11.7 Å². The van der Waals surface area contributed by atoms with Crippen molar-refractivity contribution in [3.63, 3.8) is 0 Å². The molecule has 0 aromatic heterocycles. The van der Waals surface area contributed by atoms with E-state index >= 15 is 0 Å². The number of methoxy groups -OCH3 is 3. The largest absolute Gasteiger partial charge is 0.493 e. The van der Waals surface area contributed by atoms with Crippen LogP contribution in [0.3, 0.4) is 0 Å². The molecule has 3 rings (SSSR count). The highest BCUT2D eigenvalue weighted by atomic mass is 35.5. The number of alkyl halides is 1. The fraction of sp³-hybridized carbons (Fsp3) is 0.480. The van der Waals surface area contributed by atoms with E-state index in [0.717, 1.165) is 16.7 Å². The summed E-state index contributed by atoms with van der Waals surface area (Å²) in [5, 5.41) is 3.01.